The van der Waals surface area contributed by atoms with E-state index in [0.29, 0.717) is 34.5 Å². The third-order valence-corrected chi connectivity index (χ3v) is 11.2. The number of fused-ring (bicyclic) bond motifs is 2. The number of hydrogen-bond donors (Lipinski definition) is 3. The molecule has 0 unspecified atom stereocenters. The van der Waals surface area contributed by atoms with Crippen molar-refractivity contribution < 1.29 is 40.4 Å². The van der Waals surface area contributed by atoms with Crippen LogP contribution in [-0.4, -0.2) is 47.6 Å². The summed E-state index contributed by atoms with van der Waals surface area (Å²) in [6.07, 6.45) is 0. The molecule has 0 aromatic heterocycles. The zero-order valence-corrected chi connectivity index (χ0v) is 29.6. The molecule has 0 saturated heterocycles. The highest BCUT2D eigenvalue weighted by Gasteiger charge is 2.26. The Morgan fingerprint density at radius 2 is 1.65 bits per heavy atom. The first kappa shape index (κ1) is 36.1. The average Bonchev–Trinajstić information content (AvgIpc) is 3.06. The van der Waals surface area contributed by atoms with Crippen molar-refractivity contribution in [2.75, 3.05) is 41.5 Å². The molecule has 0 saturated carbocycles. The van der Waals surface area contributed by atoms with Crippen molar-refractivity contribution in [2.45, 2.75) is 42.4 Å². The molecule has 1 aliphatic heterocycles. The number of hydrogen-bond acceptors (Lipinski definition) is 11. The second-order valence-corrected chi connectivity index (χ2v) is 14.6. The van der Waals surface area contributed by atoms with Crippen LogP contribution in [0.25, 0.3) is 33.4 Å². The van der Waals surface area contributed by atoms with Gasteiger partial charge in [0.25, 0.3) is 20.1 Å². The maximum Gasteiger partial charge on any atom is 0.298 e. The van der Waals surface area contributed by atoms with Crippen LogP contribution in [-0.2, 0) is 29.5 Å². The SMILES string of the molecule is CCN(CC)c1ccc2c(-c3ccc(S(=O)(=O)Nc4cccc(N)c4S(=O)(=O)O)cc3SOO[O-])c3ccc(=[N+](CC)CC)cc-3oc2c1. The molecule has 0 bridgehead atoms. The van der Waals surface area contributed by atoms with Gasteiger partial charge in [-0.2, -0.15) is 12.8 Å². The summed E-state index contributed by atoms with van der Waals surface area (Å²) in [4.78, 5) is 1.29. The lowest BCUT2D eigenvalue weighted by molar-refractivity contribution is -0.777. The van der Waals surface area contributed by atoms with Gasteiger partial charge in [0.2, 0.25) is 5.36 Å². The quantitative estimate of drug-likeness (QED) is 0.0288. The van der Waals surface area contributed by atoms with E-state index >= 15 is 0 Å². The highest BCUT2D eigenvalue weighted by molar-refractivity contribution is 7.95. The Balaban J connectivity index is 1.76. The van der Waals surface area contributed by atoms with Crippen LogP contribution in [0.5, 0.6) is 0 Å². The fourth-order valence-electron chi connectivity index (χ4n) is 5.85. The summed E-state index contributed by atoms with van der Waals surface area (Å²) in [5, 5.41) is 16.3. The van der Waals surface area contributed by atoms with E-state index < -0.39 is 30.7 Å². The van der Waals surface area contributed by atoms with Crippen molar-refractivity contribution in [1.29, 1.82) is 0 Å². The molecule has 260 valence electrons. The minimum Gasteiger partial charge on any atom is -0.691 e. The molecule has 5 rings (SSSR count). The lowest BCUT2D eigenvalue weighted by Gasteiger charge is -2.23. The van der Waals surface area contributed by atoms with Crippen LogP contribution in [0.4, 0.5) is 17.1 Å². The third-order valence-electron chi connectivity index (χ3n) is 8.18. The van der Waals surface area contributed by atoms with Gasteiger partial charge in [0.15, 0.2) is 0 Å². The molecule has 49 heavy (non-hydrogen) atoms. The lowest BCUT2D eigenvalue weighted by atomic mass is 9.93. The molecule has 4 N–H and O–H groups in total. The van der Waals surface area contributed by atoms with Crippen LogP contribution in [0.3, 0.4) is 0 Å². The number of nitrogens with zero attached hydrogens (tertiary/aromatic N) is 2. The molecule has 1 aliphatic carbocycles. The van der Waals surface area contributed by atoms with E-state index in [0.717, 1.165) is 54.2 Å². The second kappa shape index (κ2) is 14.8. The molecule has 1 heterocycles. The van der Waals surface area contributed by atoms with Gasteiger partial charge in [-0.1, -0.05) is 12.1 Å². The summed E-state index contributed by atoms with van der Waals surface area (Å²) < 4.78 is 76.6. The Morgan fingerprint density at radius 1 is 0.939 bits per heavy atom. The Hall–Kier alpha value is -4.16. The van der Waals surface area contributed by atoms with Gasteiger partial charge in [-0.15, -0.1) is 0 Å². The molecule has 0 atom stereocenters. The third kappa shape index (κ3) is 7.40. The molecular formula is C33H36N4O9S3. The molecular weight excluding hydrogens is 693 g/mol. The first-order valence-corrected chi connectivity index (χ1v) is 19.0. The van der Waals surface area contributed by atoms with Gasteiger partial charge in [-0.25, -0.2) is 13.0 Å². The molecule has 13 nitrogen and oxygen atoms in total. The zero-order chi connectivity index (χ0) is 35.5. The largest absolute Gasteiger partial charge is 0.691 e. The number of anilines is 3. The molecule has 0 fully saturated rings. The van der Waals surface area contributed by atoms with Crippen molar-refractivity contribution in [1.82, 2.24) is 4.58 Å². The van der Waals surface area contributed by atoms with Crippen LogP contribution in [0.2, 0.25) is 0 Å². The fourth-order valence-corrected chi connectivity index (χ4v) is 8.39. The summed E-state index contributed by atoms with van der Waals surface area (Å²) in [6, 6.07) is 19.6. The van der Waals surface area contributed by atoms with Gasteiger partial charge >= 0.3 is 0 Å². The van der Waals surface area contributed by atoms with Gasteiger partial charge in [0.1, 0.15) is 29.3 Å². The molecule has 2 aliphatic rings. The Morgan fingerprint density at radius 3 is 2.31 bits per heavy atom. The number of nitrogen functional groups attached to an aromatic ring is 1. The maximum atomic E-state index is 13.6. The molecule has 0 amide bonds. The lowest BCUT2D eigenvalue weighted by Crippen LogP contribution is -2.29. The van der Waals surface area contributed by atoms with Gasteiger partial charge in [-0.3, -0.25) is 14.3 Å². The van der Waals surface area contributed by atoms with Crippen molar-refractivity contribution in [3.63, 3.8) is 0 Å². The van der Waals surface area contributed by atoms with E-state index in [1.165, 1.54) is 24.3 Å². The van der Waals surface area contributed by atoms with Crippen LogP contribution in [0.1, 0.15) is 27.7 Å². The van der Waals surface area contributed by atoms with Crippen LogP contribution in [0.15, 0.2) is 91.9 Å². The first-order chi connectivity index (χ1) is 23.4. The minimum atomic E-state index is -4.89. The van der Waals surface area contributed by atoms with Crippen molar-refractivity contribution >= 4 is 60.2 Å². The van der Waals surface area contributed by atoms with Gasteiger partial charge in [0.05, 0.1) is 34.4 Å². The summed E-state index contributed by atoms with van der Waals surface area (Å²) in [7, 11) is -9.37. The smallest absolute Gasteiger partial charge is 0.298 e. The number of benzene rings is 4. The van der Waals surface area contributed by atoms with E-state index in [4.69, 9.17) is 14.5 Å². The number of nitrogens with one attached hydrogen (secondary N) is 1. The van der Waals surface area contributed by atoms with E-state index in [1.807, 2.05) is 36.4 Å². The number of sulfonamides is 1. The molecule has 3 aromatic carbocycles. The number of rotatable bonds is 13. The molecule has 16 heteroatoms. The van der Waals surface area contributed by atoms with E-state index in [9.17, 15) is 26.6 Å². The maximum absolute atomic E-state index is 13.6. The van der Waals surface area contributed by atoms with E-state index in [2.05, 4.69) is 46.9 Å². The number of nitrogens with two attached hydrogens (primary N) is 1. The van der Waals surface area contributed by atoms with Crippen molar-refractivity contribution in [2.24, 2.45) is 0 Å². The van der Waals surface area contributed by atoms with Crippen LogP contribution < -0.4 is 30.5 Å². The van der Waals surface area contributed by atoms with Gasteiger partial charge < -0.3 is 20.3 Å². The molecule has 3 aromatic rings. The first-order valence-electron chi connectivity index (χ1n) is 15.4. The second-order valence-electron chi connectivity index (χ2n) is 10.9. The van der Waals surface area contributed by atoms with E-state index in [1.54, 1.807) is 6.07 Å². The predicted octanol–water partition coefficient (Wildman–Crippen LogP) is 4.72. The van der Waals surface area contributed by atoms with Gasteiger partial charge in [-0.05, 0) is 75.7 Å². The van der Waals surface area contributed by atoms with Crippen LogP contribution in [0, 0.1) is 0 Å². The topological polar surface area (TPSA) is 187 Å². The standard InChI is InChI=1S/C33H36N4O9S3/c1-5-36(6-2)21-12-15-24-29(18-21)44-30-19-22(37(7-3)8-4)13-16-25(30)32(24)26-17-14-23(20-31(26)47-46-45-38)48(39,40)35-28-11-9-10-27(34)33(28)49(41,42)43/h9-20,35H,5-8,34H2,1-4H3,(H-,38,41,42,43). The van der Waals surface area contributed by atoms with E-state index in [-0.39, 0.29) is 15.5 Å². The highest BCUT2D eigenvalue weighted by Crippen LogP contribution is 2.45. The highest BCUT2D eigenvalue weighted by atomic mass is 32.2. The Labute approximate surface area is 288 Å². The Kier molecular flexibility index (Phi) is 10.9. The van der Waals surface area contributed by atoms with Crippen LogP contribution >= 0.6 is 12.0 Å². The summed E-state index contributed by atoms with van der Waals surface area (Å²) in [6.45, 7) is 11.4. The predicted molar refractivity (Wildman–Crippen MR) is 188 cm³/mol. The summed E-state index contributed by atoms with van der Waals surface area (Å²) >= 11 is 0.506. The summed E-state index contributed by atoms with van der Waals surface area (Å²) in [5.74, 6) is 0.582. The monoisotopic (exact) mass is 728 g/mol. The van der Waals surface area contributed by atoms with Gasteiger partial charge in [0, 0.05) is 52.3 Å². The normalized spacial score (nSPS) is 12.0. The van der Waals surface area contributed by atoms with Crippen molar-refractivity contribution in [3.05, 3.63) is 78.2 Å². The zero-order valence-electron chi connectivity index (χ0n) is 27.2. The molecule has 0 spiro atoms. The minimum absolute atomic E-state index is 0.191. The summed E-state index contributed by atoms with van der Waals surface area (Å²) in [5.41, 5.74) is 8.40. The molecule has 0 radical (unpaired) electrons. The fraction of sp³-hybridized carbons (Fsp3) is 0.242. The average molecular weight is 729 g/mol. The Bertz CT molecular complexity index is 2260. The van der Waals surface area contributed by atoms with Crippen molar-refractivity contribution in [3.8, 4) is 22.5 Å².